The van der Waals surface area contributed by atoms with Crippen molar-refractivity contribution in [1.29, 1.82) is 0 Å². The monoisotopic (exact) mass is 456 g/mol. The van der Waals surface area contributed by atoms with Gasteiger partial charge in [-0.3, -0.25) is 19.2 Å². The van der Waals surface area contributed by atoms with Gasteiger partial charge in [0.15, 0.2) is 0 Å². The fourth-order valence-electron chi connectivity index (χ4n) is 3.57. The summed E-state index contributed by atoms with van der Waals surface area (Å²) < 4.78 is 0. The van der Waals surface area contributed by atoms with Gasteiger partial charge in [0.1, 0.15) is 18.1 Å². The number of aliphatic carboxylic acids is 2. The van der Waals surface area contributed by atoms with Crippen LogP contribution in [-0.2, 0) is 24.0 Å². The summed E-state index contributed by atoms with van der Waals surface area (Å²) in [6.07, 6.45) is 1.31. The van der Waals surface area contributed by atoms with Crippen LogP contribution in [0.25, 0.3) is 0 Å². The largest absolute Gasteiger partial charge is 0.481 e. The molecule has 1 fully saturated rings. The van der Waals surface area contributed by atoms with Gasteiger partial charge in [0.2, 0.25) is 17.7 Å². The van der Waals surface area contributed by atoms with Crippen molar-refractivity contribution in [3.63, 3.8) is 0 Å². The summed E-state index contributed by atoms with van der Waals surface area (Å²) in [5.41, 5.74) is 5.89. The number of carbonyl (C=O) groups excluding carboxylic acids is 3. The average molecular weight is 457 g/mol. The smallest absolute Gasteiger partial charge is 0.326 e. The predicted molar refractivity (Wildman–Crippen MR) is 115 cm³/mol. The van der Waals surface area contributed by atoms with Crippen LogP contribution in [0, 0.1) is 11.8 Å². The van der Waals surface area contributed by atoms with Gasteiger partial charge >= 0.3 is 11.9 Å². The molecule has 0 bridgehead atoms. The average Bonchev–Trinajstić information content (AvgIpc) is 3.24. The first-order valence-corrected chi connectivity index (χ1v) is 11.1. The van der Waals surface area contributed by atoms with Crippen molar-refractivity contribution in [1.82, 2.24) is 15.5 Å². The maximum absolute atomic E-state index is 13.1. The van der Waals surface area contributed by atoms with Gasteiger partial charge in [-0.1, -0.05) is 40.5 Å². The van der Waals surface area contributed by atoms with Crippen LogP contribution in [0.5, 0.6) is 0 Å². The minimum absolute atomic E-state index is 0.180. The molecule has 0 spiro atoms. The molecule has 0 aromatic rings. The zero-order valence-corrected chi connectivity index (χ0v) is 19.2. The highest BCUT2D eigenvalue weighted by Crippen LogP contribution is 2.21. The number of nitrogens with zero attached hydrogens (tertiary/aromatic N) is 1. The zero-order valence-electron chi connectivity index (χ0n) is 19.2. The van der Waals surface area contributed by atoms with E-state index in [1.165, 1.54) is 4.90 Å². The second-order valence-corrected chi connectivity index (χ2v) is 8.47. The van der Waals surface area contributed by atoms with E-state index in [4.69, 9.17) is 5.73 Å². The Morgan fingerprint density at radius 3 is 2.09 bits per heavy atom. The fraction of sp³-hybridized carbons (Fsp3) is 0.762. The molecule has 0 radical (unpaired) electrons. The summed E-state index contributed by atoms with van der Waals surface area (Å²) in [5, 5.41) is 23.5. The van der Waals surface area contributed by atoms with Gasteiger partial charge in [-0.05, 0) is 24.7 Å². The van der Waals surface area contributed by atoms with Crippen LogP contribution >= 0.6 is 0 Å². The summed E-state index contributed by atoms with van der Waals surface area (Å²) in [5.74, 6) is -4.96. The van der Waals surface area contributed by atoms with Crippen molar-refractivity contribution in [2.24, 2.45) is 17.6 Å². The molecule has 1 heterocycles. The minimum Gasteiger partial charge on any atom is -0.481 e. The van der Waals surface area contributed by atoms with Crippen molar-refractivity contribution in [3.05, 3.63) is 0 Å². The number of hydrogen-bond acceptors (Lipinski definition) is 6. The van der Waals surface area contributed by atoms with Crippen molar-refractivity contribution in [3.8, 4) is 0 Å². The molecule has 0 aromatic carbocycles. The number of carboxylic acids is 2. The third kappa shape index (κ3) is 7.18. The molecule has 11 nitrogen and oxygen atoms in total. The van der Waals surface area contributed by atoms with E-state index < -0.39 is 60.2 Å². The summed E-state index contributed by atoms with van der Waals surface area (Å²) in [4.78, 5) is 62.5. The third-order valence-electron chi connectivity index (χ3n) is 6.17. The SMILES string of the molecule is CCC(C)C(N)C(=O)NC(CC(=O)O)C(=O)NC(C(=O)N1CCCC1C(=O)O)C(C)CC. The van der Waals surface area contributed by atoms with Crippen molar-refractivity contribution in [2.75, 3.05) is 6.54 Å². The van der Waals surface area contributed by atoms with Crippen LogP contribution in [-0.4, -0.2) is 75.5 Å². The van der Waals surface area contributed by atoms with E-state index in [1.807, 2.05) is 13.8 Å². The van der Waals surface area contributed by atoms with Gasteiger partial charge < -0.3 is 31.5 Å². The Morgan fingerprint density at radius 1 is 1.00 bits per heavy atom. The number of nitrogens with one attached hydrogen (secondary N) is 2. The van der Waals surface area contributed by atoms with Gasteiger partial charge in [0, 0.05) is 6.54 Å². The second kappa shape index (κ2) is 12.4. The van der Waals surface area contributed by atoms with Crippen molar-refractivity contribution >= 4 is 29.7 Å². The topological polar surface area (TPSA) is 179 Å². The quantitative estimate of drug-likeness (QED) is 0.270. The number of hydrogen-bond donors (Lipinski definition) is 5. The van der Waals surface area contributed by atoms with Gasteiger partial charge in [-0.2, -0.15) is 0 Å². The molecule has 1 aliphatic heterocycles. The Balaban J connectivity index is 3.05. The van der Waals surface area contributed by atoms with E-state index >= 15 is 0 Å². The Kier molecular flexibility index (Phi) is 10.6. The Hall–Kier alpha value is -2.69. The molecule has 6 N–H and O–H groups in total. The first-order chi connectivity index (χ1) is 14.9. The number of carbonyl (C=O) groups is 5. The summed E-state index contributed by atoms with van der Waals surface area (Å²) in [6, 6.07) is -4.36. The maximum atomic E-state index is 13.1. The van der Waals surface area contributed by atoms with Crippen LogP contribution < -0.4 is 16.4 Å². The van der Waals surface area contributed by atoms with Crippen LogP contribution in [0.4, 0.5) is 0 Å². The minimum atomic E-state index is -1.43. The van der Waals surface area contributed by atoms with Crippen LogP contribution in [0.2, 0.25) is 0 Å². The number of amides is 3. The van der Waals surface area contributed by atoms with E-state index in [1.54, 1.807) is 13.8 Å². The lowest BCUT2D eigenvalue weighted by Crippen LogP contribution is -2.59. The first kappa shape index (κ1) is 27.3. The molecular weight excluding hydrogens is 420 g/mol. The van der Waals surface area contributed by atoms with Gasteiger partial charge in [0.25, 0.3) is 0 Å². The number of rotatable bonds is 12. The Bertz CT molecular complexity index is 714. The molecule has 0 saturated carbocycles. The highest BCUT2D eigenvalue weighted by atomic mass is 16.4. The molecule has 11 heteroatoms. The molecule has 6 unspecified atom stereocenters. The standard InChI is InChI=1S/C21H36N4O7/c1-5-11(3)16(22)19(29)23-13(10-15(26)27)18(28)24-17(12(4)6-2)20(30)25-9-7-8-14(25)21(31)32/h11-14,16-17H,5-10,22H2,1-4H3,(H,23,29)(H,24,28)(H,26,27)(H,31,32). The summed E-state index contributed by atoms with van der Waals surface area (Å²) in [6.45, 7) is 7.43. The highest BCUT2D eigenvalue weighted by molar-refractivity contribution is 5.96. The summed E-state index contributed by atoms with van der Waals surface area (Å²) >= 11 is 0. The van der Waals surface area contributed by atoms with Crippen molar-refractivity contribution < 1.29 is 34.2 Å². The van der Waals surface area contributed by atoms with E-state index in [0.717, 1.165) is 0 Å². The normalized spacial score (nSPS) is 20.5. The molecular formula is C21H36N4O7. The van der Waals surface area contributed by atoms with E-state index in [9.17, 15) is 34.2 Å². The zero-order chi connectivity index (χ0) is 24.6. The second-order valence-electron chi connectivity index (χ2n) is 8.47. The lowest BCUT2D eigenvalue weighted by Gasteiger charge is -2.31. The summed E-state index contributed by atoms with van der Waals surface area (Å²) in [7, 11) is 0. The molecule has 6 atom stereocenters. The van der Waals surface area contributed by atoms with Crippen LogP contribution in [0.1, 0.15) is 59.8 Å². The molecule has 0 aliphatic carbocycles. The van der Waals surface area contributed by atoms with E-state index in [-0.39, 0.29) is 18.4 Å². The highest BCUT2D eigenvalue weighted by Gasteiger charge is 2.40. The van der Waals surface area contributed by atoms with E-state index in [2.05, 4.69) is 10.6 Å². The molecule has 0 aromatic heterocycles. The Morgan fingerprint density at radius 2 is 1.59 bits per heavy atom. The van der Waals surface area contributed by atoms with Gasteiger partial charge in [0.05, 0.1) is 12.5 Å². The molecule has 32 heavy (non-hydrogen) atoms. The van der Waals surface area contributed by atoms with Gasteiger partial charge in [-0.15, -0.1) is 0 Å². The fourth-order valence-corrected chi connectivity index (χ4v) is 3.57. The van der Waals surface area contributed by atoms with E-state index in [0.29, 0.717) is 25.7 Å². The Labute approximate surface area is 188 Å². The molecule has 1 rings (SSSR count). The van der Waals surface area contributed by atoms with Gasteiger partial charge in [-0.25, -0.2) is 4.79 Å². The predicted octanol–water partition coefficient (Wildman–Crippen LogP) is -0.0742. The number of nitrogens with two attached hydrogens (primary N) is 1. The molecule has 1 aliphatic rings. The molecule has 3 amide bonds. The lowest BCUT2D eigenvalue weighted by molar-refractivity contribution is -0.150. The lowest BCUT2D eigenvalue weighted by atomic mass is 9.96. The van der Waals surface area contributed by atoms with Crippen molar-refractivity contribution in [2.45, 2.75) is 84.0 Å². The first-order valence-electron chi connectivity index (χ1n) is 11.1. The molecule has 1 saturated heterocycles. The van der Waals surface area contributed by atoms with Crippen LogP contribution in [0.15, 0.2) is 0 Å². The van der Waals surface area contributed by atoms with Crippen LogP contribution in [0.3, 0.4) is 0 Å². The number of carboxylic acid groups (broad SMARTS) is 2. The third-order valence-corrected chi connectivity index (χ3v) is 6.17. The maximum Gasteiger partial charge on any atom is 0.326 e. The molecule has 182 valence electrons. The number of likely N-dealkylation sites (tertiary alicyclic amines) is 1.